The minimum absolute atomic E-state index is 0.202. The summed E-state index contributed by atoms with van der Waals surface area (Å²) in [4.78, 5) is 3.12. The van der Waals surface area contributed by atoms with Crippen LogP contribution >= 0.6 is 27.5 Å². The zero-order valence-corrected chi connectivity index (χ0v) is 9.64. The number of rotatable bonds is 2. The number of fused-ring (bicyclic) bond motifs is 1. The molecule has 14 heavy (non-hydrogen) atoms. The molecule has 0 radical (unpaired) electrons. The molecular formula is C10H9BrClNO. The standard InChI is InChI=1S/C10H9BrClNO/c11-7-1-2-8-6(3-7)4-9(13-8)10(14)5-12/h1-4,10,13-14H,5H2. The number of H-pyrrole nitrogens is 1. The van der Waals surface area contributed by atoms with E-state index in [0.717, 1.165) is 21.1 Å². The smallest absolute Gasteiger partial charge is 0.107 e. The highest BCUT2D eigenvalue weighted by atomic mass is 79.9. The van der Waals surface area contributed by atoms with Gasteiger partial charge in [0.2, 0.25) is 0 Å². The summed E-state index contributed by atoms with van der Waals surface area (Å²) in [5, 5.41) is 10.6. The fraction of sp³-hybridized carbons (Fsp3) is 0.200. The molecule has 1 unspecified atom stereocenters. The number of nitrogens with one attached hydrogen (secondary N) is 1. The van der Waals surface area contributed by atoms with Gasteiger partial charge in [0.1, 0.15) is 6.10 Å². The van der Waals surface area contributed by atoms with Crippen LogP contribution in [0.2, 0.25) is 0 Å². The highest BCUT2D eigenvalue weighted by molar-refractivity contribution is 9.10. The molecule has 2 rings (SSSR count). The van der Waals surface area contributed by atoms with Gasteiger partial charge in [-0.15, -0.1) is 11.6 Å². The Morgan fingerprint density at radius 1 is 1.43 bits per heavy atom. The molecule has 0 spiro atoms. The Kier molecular flexibility index (Phi) is 2.81. The van der Waals surface area contributed by atoms with Gasteiger partial charge in [0.25, 0.3) is 0 Å². The quantitative estimate of drug-likeness (QED) is 0.811. The number of hydrogen-bond acceptors (Lipinski definition) is 1. The van der Waals surface area contributed by atoms with Crippen molar-refractivity contribution in [2.45, 2.75) is 6.10 Å². The van der Waals surface area contributed by atoms with E-state index in [0.29, 0.717) is 0 Å². The minimum atomic E-state index is -0.622. The summed E-state index contributed by atoms with van der Waals surface area (Å²) < 4.78 is 1.02. The average molecular weight is 275 g/mol. The van der Waals surface area contributed by atoms with Crippen LogP contribution in [0.5, 0.6) is 0 Å². The van der Waals surface area contributed by atoms with Gasteiger partial charge in [-0.05, 0) is 24.3 Å². The zero-order valence-electron chi connectivity index (χ0n) is 7.30. The van der Waals surface area contributed by atoms with Crippen LogP contribution in [0.4, 0.5) is 0 Å². The lowest BCUT2D eigenvalue weighted by molar-refractivity contribution is 0.198. The number of aliphatic hydroxyl groups is 1. The molecule has 0 amide bonds. The maximum Gasteiger partial charge on any atom is 0.107 e. The molecule has 0 aliphatic heterocycles. The number of aromatic nitrogens is 1. The Balaban J connectivity index is 2.51. The monoisotopic (exact) mass is 273 g/mol. The SMILES string of the molecule is OC(CCl)c1cc2cc(Br)ccc2[nH]1. The van der Waals surface area contributed by atoms with Crippen molar-refractivity contribution >= 4 is 38.4 Å². The van der Waals surface area contributed by atoms with E-state index in [1.54, 1.807) is 0 Å². The van der Waals surface area contributed by atoms with Crippen molar-refractivity contribution in [3.63, 3.8) is 0 Å². The molecule has 0 aliphatic carbocycles. The average Bonchev–Trinajstić information content (AvgIpc) is 2.59. The van der Waals surface area contributed by atoms with Gasteiger partial charge in [-0.2, -0.15) is 0 Å². The summed E-state index contributed by atoms with van der Waals surface area (Å²) in [6.07, 6.45) is -0.622. The number of hydrogen-bond donors (Lipinski definition) is 2. The first-order valence-corrected chi connectivity index (χ1v) is 5.55. The third kappa shape index (κ3) is 1.80. The lowest BCUT2D eigenvalue weighted by Crippen LogP contribution is -1.97. The molecule has 2 nitrogen and oxygen atoms in total. The van der Waals surface area contributed by atoms with E-state index in [1.807, 2.05) is 24.3 Å². The maximum atomic E-state index is 9.52. The highest BCUT2D eigenvalue weighted by Gasteiger charge is 2.08. The second-order valence-electron chi connectivity index (χ2n) is 3.13. The summed E-state index contributed by atoms with van der Waals surface area (Å²) >= 11 is 8.96. The van der Waals surface area contributed by atoms with Crippen molar-refractivity contribution in [2.24, 2.45) is 0 Å². The van der Waals surface area contributed by atoms with Crippen LogP contribution in [0, 0.1) is 0 Å². The Labute approximate surface area is 95.0 Å². The molecule has 0 saturated carbocycles. The Morgan fingerprint density at radius 3 is 2.93 bits per heavy atom. The predicted octanol–water partition coefficient (Wildman–Crippen LogP) is 3.20. The summed E-state index contributed by atoms with van der Waals surface area (Å²) in [5.74, 6) is 0.202. The second kappa shape index (κ2) is 3.93. The summed E-state index contributed by atoms with van der Waals surface area (Å²) in [5.41, 5.74) is 1.76. The molecule has 0 aliphatic rings. The molecule has 1 atom stereocenters. The van der Waals surface area contributed by atoms with Gasteiger partial charge in [-0.3, -0.25) is 0 Å². The van der Waals surface area contributed by atoms with Crippen LogP contribution in [0.15, 0.2) is 28.7 Å². The molecule has 4 heteroatoms. The van der Waals surface area contributed by atoms with E-state index in [9.17, 15) is 5.11 Å². The molecule has 1 heterocycles. The van der Waals surface area contributed by atoms with Crippen LogP contribution in [0.25, 0.3) is 10.9 Å². The third-order valence-corrected chi connectivity index (χ3v) is 2.89. The lowest BCUT2D eigenvalue weighted by Gasteiger charge is -2.01. The first-order valence-electron chi connectivity index (χ1n) is 4.23. The Morgan fingerprint density at radius 2 is 2.21 bits per heavy atom. The van der Waals surface area contributed by atoms with Crippen molar-refractivity contribution in [1.82, 2.24) is 4.98 Å². The van der Waals surface area contributed by atoms with Crippen molar-refractivity contribution in [3.8, 4) is 0 Å². The van der Waals surface area contributed by atoms with Crippen LogP contribution in [-0.4, -0.2) is 16.0 Å². The summed E-state index contributed by atoms with van der Waals surface area (Å²) in [6.45, 7) is 0. The number of benzene rings is 1. The van der Waals surface area contributed by atoms with Gasteiger partial charge in [-0.1, -0.05) is 15.9 Å². The Bertz CT molecular complexity index is 454. The molecular weight excluding hydrogens is 265 g/mol. The number of aliphatic hydroxyl groups excluding tert-OH is 1. The van der Waals surface area contributed by atoms with Gasteiger partial charge in [0.15, 0.2) is 0 Å². The second-order valence-corrected chi connectivity index (χ2v) is 4.35. The first-order chi connectivity index (χ1) is 6.70. The normalized spacial score (nSPS) is 13.4. The van der Waals surface area contributed by atoms with Gasteiger partial charge in [0.05, 0.1) is 5.88 Å². The number of aromatic amines is 1. The zero-order chi connectivity index (χ0) is 10.1. The van der Waals surface area contributed by atoms with Crippen molar-refractivity contribution in [2.75, 3.05) is 5.88 Å². The highest BCUT2D eigenvalue weighted by Crippen LogP contribution is 2.23. The molecule has 0 fully saturated rings. The molecule has 2 N–H and O–H groups in total. The molecule has 1 aromatic carbocycles. The van der Waals surface area contributed by atoms with Gasteiger partial charge >= 0.3 is 0 Å². The van der Waals surface area contributed by atoms with Gasteiger partial charge in [0, 0.05) is 21.1 Å². The van der Waals surface area contributed by atoms with Crippen molar-refractivity contribution < 1.29 is 5.11 Å². The molecule has 74 valence electrons. The minimum Gasteiger partial charge on any atom is -0.386 e. The van der Waals surface area contributed by atoms with E-state index >= 15 is 0 Å². The van der Waals surface area contributed by atoms with Crippen LogP contribution < -0.4 is 0 Å². The molecule has 1 aromatic heterocycles. The maximum absolute atomic E-state index is 9.52. The van der Waals surface area contributed by atoms with E-state index in [4.69, 9.17) is 11.6 Å². The van der Waals surface area contributed by atoms with Gasteiger partial charge in [-0.25, -0.2) is 0 Å². The van der Waals surface area contributed by atoms with Crippen molar-refractivity contribution in [3.05, 3.63) is 34.4 Å². The van der Waals surface area contributed by atoms with Gasteiger partial charge < -0.3 is 10.1 Å². The topological polar surface area (TPSA) is 36.0 Å². The predicted molar refractivity (Wildman–Crippen MR) is 61.7 cm³/mol. The third-order valence-electron chi connectivity index (χ3n) is 2.11. The van der Waals surface area contributed by atoms with Crippen LogP contribution in [0.1, 0.15) is 11.8 Å². The summed E-state index contributed by atoms with van der Waals surface area (Å²) in [6, 6.07) is 7.82. The van der Waals surface area contributed by atoms with Crippen LogP contribution in [0.3, 0.4) is 0 Å². The van der Waals surface area contributed by atoms with Crippen LogP contribution in [-0.2, 0) is 0 Å². The molecule has 0 saturated heterocycles. The number of halogens is 2. The fourth-order valence-corrected chi connectivity index (χ4v) is 1.93. The Hall–Kier alpha value is -0.510. The van der Waals surface area contributed by atoms with E-state index < -0.39 is 6.10 Å². The molecule has 0 bridgehead atoms. The first kappa shape index (κ1) is 10.0. The van der Waals surface area contributed by atoms with E-state index in [1.165, 1.54) is 0 Å². The van der Waals surface area contributed by atoms with E-state index in [2.05, 4.69) is 20.9 Å². The lowest BCUT2D eigenvalue weighted by atomic mass is 10.2. The summed E-state index contributed by atoms with van der Waals surface area (Å²) in [7, 11) is 0. The fourth-order valence-electron chi connectivity index (χ4n) is 1.39. The largest absolute Gasteiger partial charge is 0.386 e. The molecule has 2 aromatic rings. The number of alkyl halides is 1. The van der Waals surface area contributed by atoms with Crippen molar-refractivity contribution in [1.29, 1.82) is 0 Å². The van der Waals surface area contributed by atoms with E-state index in [-0.39, 0.29) is 5.88 Å².